The minimum absolute atomic E-state index is 0.00655. The van der Waals surface area contributed by atoms with Crippen LogP contribution in [-0.2, 0) is 24.8 Å². The number of nitrogens with one attached hydrogen (secondary N) is 1. The van der Waals surface area contributed by atoms with Crippen molar-refractivity contribution < 1.29 is 26.7 Å². The first-order valence-corrected chi connectivity index (χ1v) is 12.4. The Kier molecular flexibility index (Phi) is 6.10. The molecule has 0 bridgehead atoms. The van der Waals surface area contributed by atoms with Gasteiger partial charge >= 0.3 is 5.97 Å². The number of fused-ring (bicyclic) bond motifs is 1. The predicted molar refractivity (Wildman–Crippen MR) is 115 cm³/mol. The first-order valence-electron chi connectivity index (χ1n) is 9.33. The number of benzene rings is 2. The fraction of sp³-hybridized carbons (Fsp3) is 0.421. The average molecular weight is 456 g/mol. The van der Waals surface area contributed by atoms with Gasteiger partial charge < -0.3 is 10.0 Å². The van der Waals surface area contributed by atoms with Crippen LogP contribution in [0, 0.1) is 5.92 Å². The second-order valence-corrected chi connectivity index (χ2v) is 11.4. The summed E-state index contributed by atoms with van der Waals surface area (Å²) in [6, 6.07) is 8.86. The molecule has 0 radical (unpaired) electrons. The van der Waals surface area contributed by atoms with E-state index in [1.54, 1.807) is 18.2 Å². The molecule has 0 saturated carbocycles. The van der Waals surface area contributed by atoms with Gasteiger partial charge in [-0.05, 0) is 31.5 Å². The Morgan fingerprint density at radius 3 is 2.37 bits per heavy atom. The highest BCUT2D eigenvalue weighted by atomic mass is 32.2. The zero-order valence-electron chi connectivity index (χ0n) is 16.9. The smallest absolute Gasteiger partial charge is 0.322 e. The van der Waals surface area contributed by atoms with E-state index in [1.807, 2.05) is 31.1 Å². The number of rotatable bonds is 7. The molecule has 9 nitrogen and oxygen atoms in total. The summed E-state index contributed by atoms with van der Waals surface area (Å²) in [5, 5.41) is 10.8. The summed E-state index contributed by atoms with van der Waals surface area (Å²) in [6.45, 7) is -0.177. The van der Waals surface area contributed by atoms with Crippen LogP contribution in [0.1, 0.15) is 6.42 Å². The second kappa shape index (κ2) is 8.14. The Morgan fingerprint density at radius 2 is 1.77 bits per heavy atom. The molecule has 11 heteroatoms. The molecule has 1 aliphatic rings. The average Bonchev–Trinajstić information content (AvgIpc) is 3.11. The number of hydrogen-bond donors (Lipinski definition) is 2. The van der Waals surface area contributed by atoms with Gasteiger partial charge in [-0.1, -0.05) is 24.3 Å². The van der Waals surface area contributed by atoms with Crippen molar-refractivity contribution in [3.05, 3.63) is 36.4 Å². The molecule has 30 heavy (non-hydrogen) atoms. The van der Waals surface area contributed by atoms with Gasteiger partial charge in [-0.15, -0.1) is 0 Å². The molecule has 164 valence electrons. The zero-order valence-corrected chi connectivity index (χ0v) is 18.6. The van der Waals surface area contributed by atoms with Gasteiger partial charge in [-0.25, -0.2) is 21.6 Å². The van der Waals surface area contributed by atoms with Crippen LogP contribution in [0.2, 0.25) is 0 Å². The third-order valence-corrected chi connectivity index (χ3v) is 8.79. The van der Waals surface area contributed by atoms with E-state index in [1.165, 1.54) is 13.1 Å². The van der Waals surface area contributed by atoms with Gasteiger partial charge in [0, 0.05) is 37.1 Å². The molecule has 2 unspecified atom stereocenters. The standard InChI is InChI=1S/C19H25N3O6S2/c1-20-29(25,26)12-13-10-17(19(23)24)22(11-13)30(27,28)18-9-5-6-14-15(18)7-4-8-16(14)21(2)3/h4-9,13,17,20H,10-12H2,1-3H3,(H,23,24). The Balaban J connectivity index is 2.08. The molecule has 0 aliphatic carbocycles. The molecule has 2 atom stereocenters. The van der Waals surface area contributed by atoms with Gasteiger partial charge in [0.25, 0.3) is 0 Å². The number of hydrogen-bond acceptors (Lipinski definition) is 6. The Labute approximate surface area is 176 Å². The van der Waals surface area contributed by atoms with Crippen molar-refractivity contribution in [3.8, 4) is 0 Å². The van der Waals surface area contributed by atoms with Crippen LogP contribution in [0.15, 0.2) is 41.3 Å². The molecule has 0 spiro atoms. The lowest BCUT2D eigenvalue weighted by Crippen LogP contribution is -2.40. The van der Waals surface area contributed by atoms with Crippen LogP contribution in [0.25, 0.3) is 10.8 Å². The summed E-state index contributed by atoms with van der Waals surface area (Å²) in [5.74, 6) is -2.25. The van der Waals surface area contributed by atoms with Crippen molar-refractivity contribution in [2.75, 3.05) is 38.3 Å². The number of carboxylic acids is 1. The van der Waals surface area contributed by atoms with Crippen molar-refractivity contribution in [2.45, 2.75) is 17.4 Å². The lowest BCUT2D eigenvalue weighted by Gasteiger charge is -2.23. The van der Waals surface area contributed by atoms with Crippen molar-refractivity contribution >= 4 is 42.5 Å². The molecule has 1 heterocycles. The van der Waals surface area contributed by atoms with Crippen LogP contribution >= 0.6 is 0 Å². The van der Waals surface area contributed by atoms with E-state index < -0.39 is 38.0 Å². The molecule has 3 rings (SSSR count). The van der Waals surface area contributed by atoms with Crippen molar-refractivity contribution in [3.63, 3.8) is 0 Å². The predicted octanol–water partition coefficient (Wildman–Crippen LogP) is 0.919. The second-order valence-electron chi connectivity index (χ2n) is 7.54. The van der Waals surface area contributed by atoms with Gasteiger partial charge in [0.1, 0.15) is 6.04 Å². The van der Waals surface area contributed by atoms with Crippen molar-refractivity contribution in [1.29, 1.82) is 0 Å². The Morgan fingerprint density at radius 1 is 1.13 bits per heavy atom. The van der Waals surface area contributed by atoms with E-state index in [0.717, 1.165) is 15.4 Å². The van der Waals surface area contributed by atoms with Crippen LogP contribution in [0.5, 0.6) is 0 Å². The van der Waals surface area contributed by atoms with Gasteiger partial charge in [0.05, 0.1) is 10.6 Å². The van der Waals surface area contributed by atoms with Gasteiger partial charge in [0.2, 0.25) is 20.0 Å². The maximum Gasteiger partial charge on any atom is 0.322 e. The third-order valence-electron chi connectivity index (χ3n) is 5.32. The quantitative estimate of drug-likeness (QED) is 0.636. The van der Waals surface area contributed by atoms with Crippen LogP contribution in [0.3, 0.4) is 0 Å². The first kappa shape index (κ1) is 22.5. The largest absolute Gasteiger partial charge is 0.480 e. The number of sulfonamides is 2. The number of carboxylic acid groups (broad SMARTS) is 1. The maximum atomic E-state index is 13.5. The number of anilines is 1. The summed E-state index contributed by atoms with van der Waals surface area (Å²) >= 11 is 0. The van der Waals surface area contributed by atoms with Crippen LogP contribution in [-0.4, -0.2) is 71.7 Å². The number of aliphatic carboxylic acids is 1. The molecular formula is C19H25N3O6S2. The highest BCUT2D eigenvalue weighted by molar-refractivity contribution is 7.89. The fourth-order valence-electron chi connectivity index (χ4n) is 3.90. The van der Waals surface area contributed by atoms with Gasteiger partial charge in [0.15, 0.2) is 0 Å². The van der Waals surface area contributed by atoms with Crippen LogP contribution < -0.4 is 9.62 Å². The SMILES string of the molecule is CNS(=O)(=O)CC1CC(C(=O)O)N(S(=O)(=O)c2cccc3c(N(C)C)cccc23)C1. The maximum absolute atomic E-state index is 13.5. The Hall–Kier alpha value is -2.21. The molecule has 1 aliphatic heterocycles. The summed E-state index contributed by atoms with van der Waals surface area (Å²) in [4.78, 5) is 13.7. The number of nitrogens with zero attached hydrogens (tertiary/aromatic N) is 2. The summed E-state index contributed by atoms with van der Waals surface area (Å²) in [6.07, 6.45) is -0.0663. The molecular weight excluding hydrogens is 430 g/mol. The first-order chi connectivity index (χ1) is 14.0. The van der Waals surface area contributed by atoms with E-state index in [4.69, 9.17) is 0 Å². The number of carbonyl (C=O) groups is 1. The minimum Gasteiger partial charge on any atom is -0.480 e. The van der Waals surface area contributed by atoms with E-state index in [0.29, 0.717) is 5.39 Å². The lowest BCUT2D eigenvalue weighted by atomic mass is 10.1. The topological polar surface area (TPSA) is 124 Å². The van der Waals surface area contributed by atoms with Crippen LogP contribution in [0.4, 0.5) is 5.69 Å². The molecule has 2 aromatic rings. The fourth-order valence-corrected chi connectivity index (χ4v) is 6.81. The summed E-state index contributed by atoms with van der Waals surface area (Å²) in [7, 11) is -2.81. The van der Waals surface area contributed by atoms with Gasteiger partial charge in [-0.3, -0.25) is 4.79 Å². The summed E-state index contributed by atoms with van der Waals surface area (Å²) < 4.78 is 53.9. The molecule has 0 amide bonds. The van der Waals surface area contributed by atoms with E-state index in [9.17, 15) is 26.7 Å². The van der Waals surface area contributed by atoms with Crippen molar-refractivity contribution in [1.82, 2.24) is 9.03 Å². The van der Waals surface area contributed by atoms with E-state index in [-0.39, 0.29) is 23.6 Å². The molecule has 1 saturated heterocycles. The lowest BCUT2D eigenvalue weighted by molar-refractivity contribution is -0.140. The minimum atomic E-state index is -4.18. The monoisotopic (exact) mass is 455 g/mol. The molecule has 1 fully saturated rings. The highest BCUT2D eigenvalue weighted by Crippen LogP contribution is 2.35. The van der Waals surface area contributed by atoms with Gasteiger partial charge in [-0.2, -0.15) is 4.31 Å². The summed E-state index contributed by atoms with van der Waals surface area (Å²) in [5.41, 5.74) is 0.832. The van der Waals surface area contributed by atoms with E-state index in [2.05, 4.69) is 4.72 Å². The Bertz CT molecular complexity index is 1180. The molecule has 2 aromatic carbocycles. The highest BCUT2D eigenvalue weighted by Gasteiger charge is 2.45. The normalized spacial score (nSPS) is 20.5. The molecule has 2 N–H and O–H groups in total. The molecule has 0 aromatic heterocycles. The third kappa shape index (κ3) is 4.15. The van der Waals surface area contributed by atoms with E-state index >= 15 is 0 Å². The van der Waals surface area contributed by atoms with Crippen molar-refractivity contribution in [2.24, 2.45) is 5.92 Å². The zero-order chi connectivity index (χ0) is 22.3.